The average Bonchev–Trinajstić information content (AvgIpc) is 2.75. The Balaban J connectivity index is 1.76. The first kappa shape index (κ1) is 21.4. The fourth-order valence-electron chi connectivity index (χ4n) is 3.48. The molecule has 1 saturated heterocycles. The van der Waals surface area contributed by atoms with E-state index < -0.39 is 6.04 Å². The number of amides is 1. The molecule has 0 bridgehead atoms. The Morgan fingerprint density at radius 3 is 2.31 bits per heavy atom. The Kier molecular flexibility index (Phi) is 7.00. The predicted octanol–water partition coefficient (Wildman–Crippen LogP) is 3.67. The van der Waals surface area contributed by atoms with Gasteiger partial charge in [0.05, 0.1) is 19.8 Å². The van der Waals surface area contributed by atoms with Gasteiger partial charge in [0.15, 0.2) is 0 Å². The Morgan fingerprint density at radius 2 is 1.69 bits per heavy atom. The van der Waals surface area contributed by atoms with Crippen LogP contribution in [-0.2, 0) is 9.53 Å². The number of hydrogen-bond donors (Lipinski definition) is 0. The molecule has 6 nitrogen and oxygen atoms in total. The van der Waals surface area contributed by atoms with Crippen molar-refractivity contribution in [1.82, 2.24) is 9.80 Å². The topological polar surface area (TPSA) is 59.1 Å². The van der Waals surface area contributed by atoms with Crippen LogP contribution < -0.4 is 4.74 Å². The van der Waals surface area contributed by atoms with Gasteiger partial charge in [0.1, 0.15) is 11.8 Å². The van der Waals surface area contributed by atoms with Crippen LogP contribution in [-0.4, -0.2) is 62.1 Å². The second kappa shape index (κ2) is 9.48. The number of carbonyl (C=O) groups is 2. The van der Waals surface area contributed by atoms with E-state index in [2.05, 4.69) is 0 Å². The van der Waals surface area contributed by atoms with Crippen LogP contribution in [0.1, 0.15) is 22.0 Å². The van der Waals surface area contributed by atoms with Crippen molar-refractivity contribution in [3.8, 4) is 5.75 Å². The summed E-state index contributed by atoms with van der Waals surface area (Å²) in [6.07, 6.45) is 0. The van der Waals surface area contributed by atoms with Gasteiger partial charge in [0, 0.05) is 36.2 Å². The molecule has 0 radical (unpaired) electrons. The van der Waals surface area contributed by atoms with Crippen LogP contribution in [0.3, 0.4) is 0 Å². The Hall–Kier alpha value is -2.28. The van der Waals surface area contributed by atoms with Crippen LogP contribution in [0.5, 0.6) is 5.75 Å². The Morgan fingerprint density at radius 1 is 1.00 bits per heavy atom. The van der Waals surface area contributed by atoms with Gasteiger partial charge in [-0.2, -0.15) is 0 Å². The van der Waals surface area contributed by atoms with Crippen LogP contribution in [0, 0.1) is 0 Å². The zero-order valence-corrected chi connectivity index (χ0v) is 17.7. The number of rotatable bonds is 5. The predicted molar refractivity (Wildman–Crippen MR) is 112 cm³/mol. The van der Waals surface area contributed by atoms with E-state index in [1.54, 1.807) is 29.2 Å². The maximum atomic E-state index is 13.0. The Labute approximate surface area is 179 Å². The smallest absolute Gasteiger partial charge is 0.327 e. The summed E-state index contributed by atoms with van der Waals surface area (Å²) in [6, 6.07) is 11.6. The highest BCUT2D eigenvalue weighted by atomic mass is 35.5. The van der Waals surface area contributed by atoms with Gasteiger partial charge in [-0.1, -0.05) is 41.4 Å². The number of esters is 1. The summed E-state index contributed by atoms with van der Waals surface area (Å²) in [5.74, 6) is -0.0592. The number of benzene rings is 2. The van der Waals surface area contributed by atoms with Crippen LogP contribution in [0.4, 0.5) is 0 Å². The van der Waals surface area contributed by atoms with Crippen LogP contribution in [0.15, 0.2) is 42.5 Å². The van der Waals surface area contributed by atoms with E-state index in [0.717, 1.165) is 0 Å². The van der Waals surface area contributed by atoms with Crippen molar-refractivity contribution >= 4 is 35.1 Å². The summed E-state index contributed by atoms with van der Waals surface area (Å²) >= 11 is 12.4. The van der Waals surface area contributed by atoms with Crippen molar-refractivity contribution in [1.29, 1.82) is 0 Å². The lowest BCUT2D eigenvalue weighted by Crippen LogP contribution is -2.51. The summed E-state index contributed by atoms with van der Waals surface area (Å²) in [5.41, 5.74) is 1.11. The van der Waals surface area contributed by atoms with E-state index in [0.29, 0.717) is 53.1 Å². The molecule has 3 rings (SSSR count). The van der Waals surface area contributed by atoms with Crippen molar-refractivity contribution in [3.05, 3.63) is 63.6 Å². The first-order valence-corrected chi connectivity index (χ1v) is 9.91. The third-order valence-electron chi connectivity index (χ3n) is 4.98. The normalized spacial score (nSPS) is 15.7. The maximum absolute atomic E-state index is 13.0. The highest BCUT2D eigenvalue weighted by Crippen LogP contribution is 2.30. The van der Waals surface area contributed by atoms with Crippen molar-refractivity contribution in [2.24, 2.45) is 0 Å². The molecule has 2 aromatic carbocycles. The average molecular weight is 437 g/mol. The molecule has 8 heteroatoms. The van der Waals surface area contributed by atoms with Crippen molar-refractivity contribution in [2.45, 2.75) is 6.04 Å². The molecule has 0 spiro atoms. The first-order chi connectivity index (χ1) is 14.0. The summed E-state index contributed by atoms with van der Waals surface area (Å²) in [4.78, 5) is 29.2. The van der Waals surface area contributed by atoms with Crippen molar-refractivity contribution < 1.29 is 19.1 Å². The van der Waals surface area contributed by atoms with Crippen molar-refractivity contribution in [2.75, 3.05) is 40.4 Å². The van der Waals surface area contributed by atoms with Crippen LogP contribution in [0.25, 0.3) is 0 Å². The molecule has 2 aromatic rings. The molecule has 0 saturated carbocycles. The van der Waals surface area contributed by atoms with Gasteiger partial charge >= 0.3 is 5.97 Å². The standard InChI is InChI=1S/C21H22Cl2N2O4/c1-28-18-8-7-14(22)13-16(18)20(26)25-11-9-24(10-12-25)19(21(27)29-2)15-5-3-4-6-17(15)23/h3-8,13,19H,9-12H2,1-2H3/t19-/m0/s1. The zero-order valence-electron chi connectivity index (χ0n) is 16.2. The van der Waals surface area contributed by atoms with E-state index >= 15 is 0 Å². The molecule has 0 aliphatic carbocycles. The molecule has 1 heterocycles. The van der Waals surface area contributed by atoms with Crippen LogP contribution >= 0.6 is 23.2 Å². The number of methoxy groups -OCH3 is 2. The molecule has 1 atom stereocenters. The second-order valence-corrected chi connectivity index (χ2v) is 7.46. The van der Waals surface area contributed by atoms with Gasteiger partial charge in [-0.25, -0.2) is 4.79 Å². The number of piperazine rings is 1. The fraction of sp³-hybridized carbons (Fsp3) is 0.333. The minimum Gasteiger partial charge on any atom is -0.496 e. The largest absolute Gasteiger partial charge is 0.496 e. The molecular formula is C21H22Cl2N2O4. The molecule has 1 fully saturated rings. The lowest BCUT2D eigenvalue weighted by molar-refractivity contribution is -0.148. The van der Waals surface area contributed by atoms with Gasteiger partial charge in [-0.05, 0) is 29.8 Å². The molecule has 1 aliphatic heterocycles. The maximum Gasteiger partial charge on any atom is 0.327 e. The fourth-order valence-corrected chi connectivity index (χ4v) is 3.89. The lowest BCUT2D eigenvalue weighted by Gasteiger charge is -2.38. The molecule has 0 N–H and O–H groups in total. The SMILES string of the molecule is COC(=O)[C@H](c1ccccc1Cl)N1CCN(C(=O)c2cc(Cl)ccc2OC)CC1. The first-order valence-electron chi connectivity index (χ1n) is 9.15. The number of ether oxygens (including phenoxy) is 2. The number of carbonyl (C=O) groups excluding carboxylic acids is 2. The second-order valence-electron chi connectivity index (χ2n) is 6.62. The minimum atomic E-state index is -0.619. The van der Waals surface area contributed by atoms with Gasteiger partial charge in [0.2, 0.25) is 0 Å². The molecule has 0 unspecified atom stereocenters. The van der Waals surface area contributed by atoms with E-state index in [1.165, 1.54) is 14.2 Å². The number of halogens is 2. The Bertz CT molecular complexity index is 898. The highest BCUT2D eigenvalue weighted by Gasteiger charge is 2.34. The molecular weight excluding hydrogens is 415 g/mol. The van der Waals surface area contributed by atoms with E-state index in [1.807, 2.05) is 23.1 Å². The van der Waals surface area contributed by atoms with Gasteiger partial charge in [0.25, 0.3) is 5.91 Å². The monoisotopic (exact) mass is 436 g/mol. The lowest BCUT2D eigenvalue weighted by atomic mass is 10.0. The number of hydrogen-bond acceptors (Lipinski definition) is 5. The van der Waals surface area contributed by atoms with Gasteiger partial charge < -0.3 is 14.4 Å². The summed E-state index contributed by atoms with van der Waals surface area (Å²) < 4.78 is 10.3. The highest BCUT2D eigenvalue weighted by molar-refractivity contribution is 6.31. The molecule has 1 amide bonds. The van der Waals surface area contributed by atoms with E-state index in [-0.39, 0.29) is 11.9 Å². The molecule has 1 aliphatic rings. The summed E-state index contributed by atoms with van der Waals surface area (Å²) in [5, 5.41) is 0.974. The van der Waals surface area contributed by atoms with Gasteiger partial charge in [-0.3, -0.25) is 9.69 Å². The van der Waals surface area contributed by atoms with E-state index in [9.17, 15) is 9.59 Å². The quantitative estimate of drug-likeness (QED) is 0.669. The summed E-state index contributed by atoms with van der Waals surface area (Å²) in [6.45, 7) is 1.90. The van der Waals surface area contributed by atoms with Crippen LogP contribution in [0.2, 0.25) is 10.0 Å². The zero-order chi connectivity index (χ0) is 21.0. The molecule has 29 heavy (non-hydrogen) atoms. The number of nitrogens with zero attached hydrogens (tertiary/aromatic N) is 2. The van der Waals surface area contributed by atoms with E-state index in [4.69, 9.17) is 32.7 Å². The third-order valence-corrected chi connectivity index (χ3v) is 5.56. The third kappa shape index (κ3) is 4.66. The van der Waals surface area contributed by atoms with Crippen molar-refractivity contribution in [3.63, 3.8) is 0 Å². The summed E-state index contributed by atoms with van der Waals surface area (Å²) in [7, 11) is 2.87. The van der Waals surface area contributed by atoms with Gasteiger partial charge in [-0.15, -0.1) is 0 Å². The minimum absolute atomic E-state index is 0.156. The molecule has 0 aromatic heterocycles. The molecule has 154 valence electrons.